The number of amides is 1. The fraction of sp³-hybridized carbons (Fsp3) is 0.909. The molecule has 0 aromatic heterocycles. The van der Waals surface area contributed by atoms with E-state index in [2.05, 4.69) is 17.1 Å². The summed E-state index contributed by atoms with van der Waals surface area (Å²) in [5.41, 5.74) is 5.68. The van der Waals surface area contributed by atoms with E-state index >= 15 is 0 Å². The number of carbonyl (C=O) groups excluding carboxylic acids is 1. The molecule has 1 heterocycles. The van der Waals surface area contributed by atoms with Crippen LogP contribution in [0.1, 0.15) is 33.6 Å². The van der Waals surface area contributed by atoms with Gasteiger partial charge in [0.15, 0.2) is 0 Å². The Morgan fingerprint density at radius 1 is 1.60 bits per heavy atom. The van der Waals surface area contributed by atoms with Gasteiger partial charge in [-0.25, -0.2) is 0 Å². The molecule has 1 fully saturated rings. The van der Waals surface area contributed by atoms with Crippen molar-refractivity contribution in [2.24, 2.45) is 5.73 Å². The lowest BCUT2D eigenvalue weighted by Gasteiger charge is -2.26. The summed E-state index contributed by atoms with van der Waals surface area (Å²) in [6, 6.07) is 0.247. The van der Waals surface area contributed by atoms with E-state index in [0.717, 1.165) is 25.9 Å². The molecule has 1 aliphatic heterocycles. The van der Waals surface area contributed by atoms with Gasteiger partial charge in [-0.3, -0.25) is 9.69 Å². The minimum absolute atomic E-state index is 0.0983. The summed E-state index contributed by atoms with van der Waals surface area (Å²) in [5, 5.41) is 3.03. The molecule has 0 aromatic rings. The summed E-state index contributed by atoms with van der Waals surface area (Å²) in [6.07, 6.45) is 1.95. The smallest absolute Gasteiger partial charge is 0.234 e. The fourth-order valence-corrected chi connectivity index (χ4v) is 1.71. The van der Waals surface area contributed by atoms with E-state index in [9.17, 15) is 4.79 Å². The first-order chi connectivity index (χ1) is 6.93. The summed E-state index contributed by atoms with van der Waals surface area (Å²) < 4.78 is 0. The van der Waals surface area contributed by atoms with Gasteiger partial charge in [0.2, 0.25) is 5.91 Å². The van der Waals surface area contributed by atoms with E-state index in [4.69, 9.17) is 5.73 Å². The lowest BCUT2D eigenvalue weighted by Crippen LogP contribution is -2.47. The Labute approximate surface area is 92.2 Å². The predicted molar refractivity (Wildman–Crippen MR) is 61.5 cm³/mol. The van der Waals surface area contributed by atoms with Crippen molar-refractivity contribution in [3.8, 4) is 0 Å². The number of carbonyl (C=O) groups is 1. The van der Waals surface area contributed by atoms with Crippen LogP contribution in [0.5, 0.6) is 0 Å². The second kappa shape index (κ2) is 4.94. The van der Waals surface area contributed by atoms with E-state index in [0.29, 0.717) is 6.54 Å². The second-order valence-corrected chi connectivity index (χ2v) is 5.07. The molecule has 1 saturated heterocycles. The maximum Gasteiger partial charge on any atom is 0.234 e. The number of likely N-dealkylation sites (tertiary alicyclic amines) is 1. The molecule has 3 N–H and O–H groups in total. The molecule has 1 unspecified atom stereocenters. The van der Waals surface area contributed by atoms with Crippen LogP contribution in [0.25, 0.3) is 0 Å². The standard InChI is InChI=1S/C11H23N3O/c1-4-11(2,3)13-10(15)8-14-6-5-9(12)7-14/h9H,4-8,12H2,1-3H3,(H,13,15). The van der Waals surface area contributed by atoms with Gasteiger partial charge >= 0.3 is 0 Å². The fourth-order valence-electron chi connectivity index (χ4n) is 1.71. The third-order valence-electron chi connectivity index (χ3n) is 3.04. The Balaban J connectivity index is 2.30. The summed E-state index contributed by atoms with van der Waals surface area (Å²) in [4.78, 5) is 13.8. The average molecular weight is 213 g/mol. The highest BCUT2D eigenvalue weighted by molar-refractivity contribution is 5.78. The van der Waals surface area contributed by atoms with Crippen LogP contribution in [0.3, 0.4) is 0 Å². The maximum atomic E-state index is 11.7. The number of nitrogens with one attached hydrogen (secondary N) is 1. The van der Waals surface area contributed by atoms with Crippen LogP contribution in [0, 0.1) is 0 Å². The summed E-state index contributed by atoms with van der Waals surface area (Å²) in [5.74, 6) is 0.107. The van der Waals surface area contributed by atoms with Gasteiger partial charge < -0.3 is 11.1 Å². The highest BCUT2D eigenvalue weighted by atomic mass is 16.2. The Hall–Kier alpha value is -0.610. The van der Waals surface area contributed by atoms with E-state index in [1.54, 1.807) is 0 Å². The number of rotatable bonds is 4. The van der Waals surface area contributed by atoms with Crippen molar-refractivity contribution in [1.29, 1.82) is 0 Å². The molecule has 1 atom stereocenters. The van der Waals surface area contributed by atoms with Gasteiger partial charge in [-0.05, 0) is 26.7 Å². The van der Waals surface area contributed by atoms with Crippen molar-refractivity contribution >= 4 is 5.91 Å². The first-order valence-electron chi connectivity index (χ1n) is 5.72. The molecular formula is C11H23N3O. The van der Waals surface area contributed by atoms with Gasteiger partial charge in [0.25, 0.3) is 0 Å². The van der Waals surface area contributed by atoms with Crippen LogP contribution < -0.4 is 11.1 Å². The molecule has 1 amide bonds. The molecule has 0 aromatic carbocycles. The Bertz CT molecular complexity index is 228. The zero-order valence-corrected chi connectivity index (χ0v) is 10.0. The largest absolute Gasteiger partial charge is 0.350 e. The minimum Gasteiger partial charge on any atom is -0.350 e. The van der Waals surface area contributed by atoms with Crippen molar-refractivity contribution in [3.05, 3.63) is 0 Å². The zero-order valence-electron chi connectivity index (χ0n) is 10.0. The Morgan fingerprint density at radius 3 is 2.73 bits per heavy atom. The molecule has 4 heteroatoms. The van der Waals surface area contributed by atoms with Crippen molar-refractivity contribution in [1.82, 2.24) is 10.2 Å². The van der Waals surface area contributed by atoms with Crippen LogP contribution in [0.15, 0.2) is 0 Å². The molecule has 1 aliphatic rings. The molecule has 1 rings (SSSR count). The normalized spacial score (nSPS) is 23.1. The monoisotopic (exact) mass is 213 g/mol. The summed E-state index contributed by atoms with van der Waals surface area (Å²) in [7, 11) is 0. The SMILES string of the molecule is CCC(C)(C)NC(=O)CN1CCC(N)C1. The number of hydrogen-bond acceptors (Lipinski definition) is 3. The minimum atomic E-state index is -0.0983. The van der Waals surface area contributed by atoms with E-state index < -0.39 is 0 Å². The van der Waals surface area contributed by atoms with Gasteiger partial charge in [-0.1, -0.05) is 6.92 Å². The van der Waals surface area contributed by atoms with Gasteiger partial charge in [0, 0.05) is 24.7 Å². The van der Waals surface area contributed by atoms with Crippen LogP contribution >= 0.6 is 0 Å². The topological polar surface area (TPSA) is 58.4 Å². The first kappa shape index (κ1) is 12.5. The number of hydrogen-bond donors (Lipinski definition) is 2. The molecule has 0 spiro atoms. The van der Waals surface area contributed by atoms with Gasteiger partial charge in [-0.15, -0.1) is 0 Å². The van der Waals surface area contributed by atoms with Gasteiger partial charge in [0.1, 0.15) is 0 Å². The summed E-state index contributed by atoms with van der Waals surface area (Å²) in [6.45, 7) is 8.44. The van der Waals surface area contributed by atoms with Crippen molar-refractivity contribution in [3.63, 3.8) is 0 Å². The third kappa shape index (κ3) is 4.18. The predicted octanol–water partition coefficient (Wildman–Crippen LogP) is 0.324. The van der Waals surface area contributed by atoms with Crippen LogP contribution in [-0.2, 0) is 4.79 Å². The highest BCUT2D eigenvalue weighted by Gasteiger charge is 2.23. The lowest BCUT2D eigenvalue weighted by molar-refractivity contribution is -0.123. The molecule has 0 saturated carbocycles. The Morgan fingerprint density at radius 2 is 2.27 bits per heavy atom. The van der Waals surface area contributed by atoms with Crippen LogP contribution in [-0.4, -0.2) is 42.0 Å². The molecule has 0 bridgehead atoms. The number of nitrogens with zero attached hydrogens (tertiary/aromatic N) is 1. The second-order valence-electron chi connectivity index (χ2n) is 5.07. The zero-order chi connectivity index (χ0) is 11.5. The maximum absolute atomic E-state index is 11.7. The summed E-state index contributed by atoms with van der Waals surface area (Å²) >= 11 is 0. The van der Waals surface area contributed by atoms with Gasteiger partial charge in [0.05, 0.1) is 6.54 Å². The number of nitrogens with two attached hydrogens (primary N) is 1. The van der Waals surface area contributed by atoms with Gasteiger partial charge in [-0.2, -0.15) is 0 Å². The Kier molecular flexibility index (Phi) is 4.11. The molecule has 0 aliphatic carbocycles. The molecule has 4 nitrogen and oxygen atoms in total. The highest BCUT2D eigenvalue weighted by Crippen LogP contribution is 2.09. The van der Waals surface area contributed by atoms with Crippen molar-refractivity contribution in [2.45, 2.75) is 45.2 Å². The quantitative estimate of drug-likeness (QED) is 0.707. The molecule has 88 valence electrons. The average Bonchev–Trinajstić information content (AvgIpc) is 2.50. The first-order valence-corrected chi connectivity index (χ1v) is 5.72. The van der Waals surface area contributed by atoms with E-state index in [-0.39, 0.29) is 17.5 Å². The van der Waals surface area contributed by atoms with E-state index in [1.165, 1.54) is 0 Å². The third-order valence-corrected chi connectivity index (χ3v) is 3.04. The van der Waals surface area contributed by atoms with Crippen LogP contribution in [0.4, 0.5) is 0 Å². The van der Waals surface area contributed by atoms with Crippen molar-refractivity contribution < 1.29 is 4.79 Å². The van der Waals surface area contributed by atoms with Crippen LogP contribution in [0.2, 0.25) is 0 Å². The lowest BCUT2D eigenvalue weighted by atomic mass is 10.0. The molecular weight excluding hydrogens is 190 g/mol. The molecule has 15 heavy (non-hydrogen) atoms. The van der Waals surface area contributed by atoms with E-state index in [1.807, 2.05) is 13.8 Å². The molecule has 0 radical (unpaired) electrons. The van der Waals surface area contributed by atoms with Crippen molar-refractivity contribution in [2.75, 3.05) is 19.6 Å².